The number of carbonyl (C=O) groups is 1. The van der Waals surface area contributed by atoms with Crippen molar-refractivity contribution >= 4 is 18.3 Å². The summed E-state index contributed by atoms with van der Waals surface area (Å²) in [5.74, 6) is 0.0519. The fourth-order valence-corrected chi connectivity index (χ4v) is 2.10. The number of benzene rings is 1. The number of likely N-dealkylation sites (tertiary alicyclic amines) is 1. The van der Waals surface area contributed by atoms with Crippen molar-refractivity contribution in [3.05, 3.63) is 35.9 Å². The van der Waals surface area contributed by atoms with Gasteiger partial charge in [0.15, 0.2) is 0 Å². The smallest absolute Gasteiger partial charge is 0.248 e. The van der Waals surface area contributed by atoms with Crippen LogP contribution in [0.15, 0.2) is 30.3 Å². The lowest BCUT2D eigenvalue weighted by Gasteiger charge is -2.15. The van der Waals surface area contributed by atoms with E-state index in [0.29, 0.717) is 13.2 Å². The van der Waals surface area contributed by atoms with E-state index in [1.807, 2.05) is 18.2 Å². The van der Waals surface area contributed by atoms with E-state index in [-0.39, 0.29) is 31.0 Å². The van der Waals surface area contributed by atoms with Crippen LogP contribution in [0.4, 0.5) is 0 Å². The molecule has 2 rings (SSSR count). The highest BCUT2D eigenvalue weighted by Crippen LogP contribution is 2.07. The summed E-state index contributed by atoms with van der Waals surface area (Å²) in [6, 6.07) is 10.3. The Balaban J connectivity index is 0.00000180. The zero-order chi connectivity index (χ0) is 12.8. The van der Waals surface area contributed by atoms with Crippen LogP contribution < -0.4 is 5.73 Å². The number of hydrogen-bond acceptors (Lipinski definition) is 3. The van der Waals surface area contributed by atoms with E-state index < -0.39 is 0 Å². The molecule has 0 radical (unpaired) electrons. The topological polar surface area (TPSA) is 55.6 Å². The van der Waals surface area contributed by atoms with Gasteiger partial charge in [0.2, 0.25) is 5.91 Å². The minimum atomic E-state index is 0. The van der Waals surface area contributed by atoms with Crippen molar-refractivity contribution < 1.29 is 9.53 Å². The Morgan fingerprint density at radius 2 is 2.11 bits per heavy atom. The molecule has 1 atom stereocenters. The van der Waals surface area contributed by atoms with Crippen molar-refractivity contribution in [1.29, 1.82) is 0 Å². The SMILES string of the molecule is Cl.N[C@@H]1CCN(C(=O)COCCc2ccccc2)C1. The fraction of sp³-hybridized carbons (Fsp3) is 0.500. The van der Waals surface area contributed by atoms with Crippen LogP contribution in [0.1, 0.15) is 12.0 Å². The largest absolute Gasteiger partial charge is 0.371 e. The van der Waals surface area contributed by atoms with Crippen LogP contribution >= 0.6 is 12.4 Å². The first kappa shape index (κ1) is 16.0. The highest BCUT2D eigenvalue weighted by molar-refractivity contribution is 5.85. The Kier molecular flexibility index (Phi) is 6.84. The molecule has 19 heavy (non-hydrogen) atoms. The molecule has 4 nitrogen and oxygen atoms in total. The maximum Gasteiger partial charge on any atom is 0.248 e. The normalized spacial score (nSPS) is 18.2. The second kappa shape index (κ2) is 8.15. The molecule has 0 spiro atoms. The number of hydrogen-bond donors (Lipinski definition) is 1. The van der Waals surface area contributed by atoms with Gasteiger partial charge in [-0.25, -0.2) is 0 Å². The molecule has 106 valence electrons. The Bertz CT molecular complexity index is 386. The number of nitrogens with two attached hydrogens (primary N) is 1. The molecular formula is C14H21ClN2O2. The van der Waals surface area contributed by atoms with E-state index in [1.54, 1.807) is 4.90 Å². The Morgan fingerprint density at radius 1 is 1.37 bits per heavy atom. The van der Waals surface area contributed by atoms with E-state index in [0.717, 1.165) is 19.4 Å². The minimum Gasteiger partial charge on any atom is -0.371 e. The highest BCUT2D eigenvalue weighted by atomic mass is 35.5. The summed E-state index contributed by atoms with van der Waals surface area (Å²) in [7, 11) is 0. The van der Waals surface area contributed by atoms with Crippen LogP contribution in [-0.4, -0.2) is 43.2 Å². The molecule has 1 saturated heterocycles. The van der Waals surface area contributed by atoms with Crippen LogP contribution in [0.25, 0.3) is 0 Å². The average Bonchev–Trinajstić information content (AvgIpc) is 2.82. The summed E-state index contributed by atoms with van der Waals surface area (Å²) >= 11 is 0. The summed E-state index contributed by atoms with van der Waals surface area (Å²) in [5.41, 5.74) is 6.99. The molecule has 1 aliphatic rings. The van der Waals surface area contributed by atoms with Gasteiger partial charge in [0, 0.05) is 19.1 Å². The van der Waals surface area contributed by atoms with Crippen molar-refractivity contribution in [2.24, 2.45) is 5.73 Å². The van der Waals surface area contributed by atoms with Gasteiger partial charge in [-0.05, 0) is 18.4 Å². The van der Waals surface area contributed by atoms with E-state index in [4.69, 9.17) is 10.5 Å². The van der Waals surface area contributed by atoms with Gasteiger partial charge in [0.05, 0.1) is 6.61 Å². The van der Waals surface area contributed by atoms with E-state index >= 15 is 0 Å². The van der Waals surface area contributed by atoms with Crippen molar-refractivity contribution in [3.8, 4) is 0 Å². The third-order valence-corrected chi connectivity index (χ3v) is 3.18. The van der Waals surface area contributed by atoms with Crippen LogP contribution in [0.5, 0.6) is 0 Å². The van der Waals surface area contributed by atoms with Crippen molar-refractivity contribution in [2.45, 2.75) is 18.9 Å². The summed E-state index contributed by atoms with van der Waals surface area (Å²) in [6.45, 7) is 2.18. The zero-order valence-corrected chi connectivity index (χ0v) is 11.8. The maximum atomic E-state index is 11.7. The molecule has 0 bridgehead atoms. The van der Waals surface area contributed by atoms with E-state index in [1.165, 1.54) is 5.56 Å². The third-order valence-electron chi connectivity index (χ3n) is 3.18. The summed E-state index contributed by atoms with van der Waals surface area (Å²) in [5, 5.41) is 0. The maximum absolute atomic E-state index is 11.7. The van der Waals surface area contributed by atoms with Crippen LogP contribution in [0, 0.1) is 0 Å². The molecule has 1 aromatic carbocycles. The van der Waals surface area contributed by atoms with Crippen LogP contribution in [-0.2, 0) is 16.0 Å². The molecule has 2 N–H and O–H groups in total. The quantitative estimate of drug-likeness (QED) is 0.828. The first-order valence-electron chi connectivity index (χ1n) is 6.41. The lowest BCUT2D eigenvalue weighted by molar-refractivity contribution is -0.135. The lowest BCUT2D eigenvalue weighted by atomic mass is 10.2. The Labute approximate surface area is 120 Å². The summed E-state index contributed by atoms with van der Waals surface area (Å²) < 4.78 is 5.41. The number of halogens is 1. The number of rotatable bonds is 5. The lowest BCUT2D eigenvalue weighted by Crippen LogP contribution is -2.34. The molecule has 1 fully saturated rings. The third kappa shape index (κ3) is 5.19. The van der Waals surface area contributed by atoms with Gasteiger partial charge in [-0.15, -0.1) is 12.4 Å². The molecule has 1 amide bonds. The summed E-state index contributed by atoms with van der Waals surface area (Å²) in [6.07, 6.45) is 1.74. The molecule has 1 heterocycles. The standard InChI is InChI=1S/C14H20N2O2.ClH/c15-13-6-8-16(10-13)14(17)11-18-9-7-12-4-2-1-3-5-12;/h1-5,13H,6-11,15H2;1H/t13-;/m1./s1. The molecule has 0 saturated carbocycles. The second-order valence-electron chi connectivity index (χ2n) is 4.68. The minimum absolute atomic E-state index is 0. The Morgan fingerprint density at radius 3 is 2.74 bits per heavy atom. The number of amides is 1. The first-order chi connectivity index (χ1) is 8.75. The molecule has 1 aliphatic heterocycles. The van der Waals surface area contributed by atoms with Gasteiger partial charge >= 0.3 is 0 Å². The van der Waals surface area contributed by atoms with E-state index in [9.17, 15) is 4.79 Å². The molecular weight excluding hydrogens is 264 g/mol. The van der Waals surface area contributed by atoms with Crippen molar-refractivity contribution in [3.63, 3.8) is 0 Å². The molecule has 0 aliphatic carbocycles. The molecule has 5 heteroatoms. The average molecular weight is 285 g/mol. The predicted molar refractivity (Wildman–Crippen MR) is 77.4 cm³/mol. The van der Waals surface area contributed by atoms with Gasteiger partial charge in [0.25, 0.3) is 0 Å². The number of nitrogens with zero attached hydrogens (tertiary/aromatic N) is 1. The number of carbonyl (C=O) groups excluding carboxylic acids is 1. The fourth-order valence-electron chi connectivity index (χ4n) is 2.10. The van der Waals surface area contributed by atoms with Gasteiger partial charge in [-0.2, -0.15) is 0 Å². The summed E-state index contributed by atoms with van der Waals surface area (Å²) in [4.78, 5) is 13.5. The molecule has 0 aromatic heterocycles. The monoisotopic (exact) mass is 284 g/mol. The van der Waals surface area contributed by atoms with Crippen LogP contribution in [0.2, 0.25) is 0 Å². The van der Waals surface area contributed by atoms with E-state index in [2.05, 4.69) is 12.1 Å². The van der Waals surface area contributed by atoms with Gasteiger partial charge in [-0.3, -0.25) is 4.79 Å². The van der Waals surface area contributed by atoms with Gasteiger partial charge in [-0.1, -0.05) is 30.3 Å². The molecule has 0 unspecified atom stereocenters. The van der Waals surface area contributed by atoms with Gasteiger partial charge < -0.3 is 15.4 Å². The predicted octanol–water partition coefficient (Wildman–Crippen LogP) is 1.23. The number of ether oxygens (including phenoxy) is 1. The zero-order valence-electron chi connectivity index (χ0n) is 11.0. The van der Waals surface area contributed by atoms with Gasteiger partial charge in [0.1, 0.15) is 6.61 Å². The Hall–Kier alpha value is -1.10. The van der Waals surface area contributed by atoms with Crippen molar-refractivity contribution in [2.75, 3.05) is 26.3 Å². The molecule has 1 aromatic rings. The van der Waals surface area contributed by atoms with Crippen LogP contribution in [0.3, 0.4) is 0 Å². The first-order valence-corrected chi connectivity index (χ1v) is 6.41. The highest BCUT2D eigenvalue weighted by Gasteiger charge is 2.23. The van der Waals surface area contributed by atoms with Crippen molar-refractivity contribution in [1.82, 2.24) is 4.90 Å². The second-order valence-corrected chi connectivity index (χ2v) is 4.68.